The zero-order valence-electron chi connectivity index (χ0n) is 11.2. The Morgan fingerprint density at radius 3 is 2.84 bits per heavy atom. The van der Waals surface area contributed by atoms with Gasteiger partial charge in [-0.3, -0.25) is 0 Å². The first-order valence-corrected chi connectivity index (χ1v) is 6.79. The first-order chi connectivity index (χ1) is 9.25. The molecule has 3 rings (SSSR count). The molecule has 2 aromatic carbocycles. The first kappa shape index (κ1) is 12.2. The Hall–Kier alpha value is -1.80. The van der Waals surface area contributed by atoms with E-state index in [0.29, 0.717) is 5.92 Å². The van der Waals surface area contributed by atoms with Crippen LogP contribution in [0, 0.1) is 6.92 Å². The van der Waals surface area contributed by atoms with Gasteiger partial charge in [-0.05, 0) is 30.5 Å². The summed E-state index contributed by atoms with van der Waals surface area (Å²) < 4.78 is 5.71. The summed E-state index contributed by atoms with van der Waals surface area (Å²) in [7, 11) is 0. The van der Waals surface area contributed by atoms with Gasteiger partial charge in [-0.25, -0.2) is 0 Å². The molecule has 19 heavy (non-hydrogen) atoms. The van der Waals surface area contributed by atoms with Crippen LogP contribution in [0.2, 0.25) is 0 Å². The predicted octanol–water partition coefficient (Wildman–Crippen LogP) is 3.56. The molecule has 0 aliphatic carbocycles. The molecule has 0 amide bonds. The Balaban J connectivity index is 1.95. The van der Waals surface area contributed by atoms with E-state index in [1.165, 1.54) is 16.7 Å². The van der Waals surface area contributed by atoms with Crippen LogP contribution in [0.15, 0.2) is 48.5 Å². The van der Waals surface area contributed by atoms with E-state index in [1.54, 1.807) is 0 Å². The lowest BCUT2D eigenvalue weighted by atomic mass is 9.83. The van der Waals surface area contributed by atoms with Crippen molar-refractivity contribution in [1.29, 1.82) is 0 Å². The van der Waals surface area contributed by atoms with Crippen LogP contribution in [0.25, 0.3) is 0 Å². The molecule has 1 aliphatic heterocycles. The fraction of sp³-hybridized carbons (Fsp3) is 0.294. The van der Waals surface area contributed by atoms with Crippen LogP contribution < -0.4 is 10.5 Å². The van der Waals surface area contributed by atoms with Crippen LogP contribution in [0.1, 0.15) is 35.1 Å². The van der Waals surface area contributed by atoms with Gasteiger partial charge in [0.1, 0.15) is 5.75 Å². The van der Waals surface area contributed by atoms with Crippen LogP contribution in [0.5, 0.6) is 5.75 Å². The average molecular weight is 253 g/mol. The van der Waals surface area contributed by atoms with E-state index in [4.69, 9.17) is 10.5 Å². The summed E-state index contributed by atoms with van der Waals surface area (Å²) in [6.07, 6.45) is 0.978. The van der Waals surface area contributed by atoms with Crippen molar-refractivity contribution < 1.29 is 4.74 Å². The molecule has 0 radical (unpaired) electrons. The highest BCUT2D eigenvalue weighted by atomic mass is 16.5. The number of rotatable bonds is 2. The van der Waals surface area contributed by atoms with Crippen molar-refractivity contribution in [3.8, 4) is 5.75 Å². The topological polar surface area (TPSA) is 35.2 Å². The highest BCUT2D eigenvalue weighted by Gasteiger charge is 2.27. The van der Waals surface area contributed by atoms with Crippen LogP contribution in [-0.4, -0.2) is 6.61 Å². The number of ether oxygens (including phenoxy) is 1. The number of fused-ring (bicyclic) bond motifs is 1. The summed E-state index contributed by atoms with van der Waals surface area (Å²) in [5, 5.41) is 0. The van der Waals surface area contributed by atoms with Gasteiger partial charge in [-0.15, -0.1) is 0 Å². The summed E-state index contributed by atoms with van der Waals surface area (Å²) in [4.78, 5) is 0. The summed E-state index contributed by atoms with van der Waals surface area (Å²) in [5.74, 6) is 1.33. The van der Waals surface area contributed by atoms with Gasteiger partial charge >= 0.3 is 0 Å². The summed E-state index contributed by atoms with van der Waals surface area (Å²) in [5.41, 5.74) is 10.2. The van der Waals surface area contributed by atoms with E-state index < -0.39 is 0 Å². The van der Waals surface area contributed by atoms with Crippen molar-refractivity contribution in [1.82, 2.24) is 0 Å². The van der Waals surface area contributed by atoms with Crippen molar-refractivity contribution in [2.45, 2.75) is 25.3 Å². The lowest BCUT2D eigenvalue weighted by Crippen LogP contribution is -2.25. The third-order valence-corrected chi connectivity index (χ3v) is 3.87. The third kappa shape index (κ3) is 2.36. The van der Waals surface area contributed by atoms with E-state index in [2.05, 4.69) is 43.3 Å². The molecule has 2 N–H and O–H groups in total. The normalized spacial score (nSPS) is 19.4. The molecule has 0 fully saturated rings. The molecule has 0 spiro atoms. The molecule has 2 unspecified atom stereocenters. The lowest BCUT2D eigenvalue weighted by molar-refractivity contribution is 0.255. The van der Waals surface area contributed by atoms with E-state index in [0.717, 1.165) is 18.8 Å². The number of hydrogen-bond acceptors (Lipinski definition) is 2. The highest BCUT2D eigenvalue weighted by Crippen LogP contribution is 2.40. The van der Waals surface area contributed by atoms with Gasteiger partial charge in [0.2, 0.25) is 0 Å². The quantitative estimate of drug-likeness (QED) is 0.888. The Morgan fingerprint density at radius 1 is 1.16 bits per heavy atom. The fourth-order valence-electron chi connectivity index (χ4n) is 2.85. The molecule has 2 atom stereocenters. The maximum absolute atomic E-state index is 6.50. The van der Waals surface area contributed by atoms with Gasteiger partial charge in [-0.2, -0.15) is 0 Å². The molecular weight excluding hydrogens is 234 g/mol. The second-order valence-corrected chi connectivity index (χ2v) is 5.22. The summed E-state index contributed by atoms with van der Waals surface area (Å²) in [6.45, 7) is 2.86. The third-order valence-electron chi connectivity index (χ3n) is 3.87. The predicted molar refractivity (Wildman–Crippen MR) is 77.4 cm³/mol. The molecule has 2 heteroatoms. The standard InChI is InChI=1S/C17H19NO/c1-12-5-4-6-13(11-12)17(18)15-9-10-19-16-8-3-2-7-14(15)16/h2-8,11,15,17H,9-10,18H2,1H3. The van der Waals surface area contributed by atoms with Gasteiger partial charge in [0, 0.05) is 12.0 Å². The SMILES string of the molecule is Cc1cccc(C(N)C2CCOc3ccccc32)c1. The molecule has 0 saturated heterocycles. The maximum atomic E-state index is 6.50. The minimum Gasteiger partial charge on any atom is -0.493 e. The molecular formula is C17H19NO. The van der Waals surface area contributed by atoms with E-state index in [-0.39, 0.29) is 6.04 Å². The fourth-order valence-corrected chi connectivity index (χ4v) is 2.85. The molecule has 1 heterocycles. The number of aryl methyl sites for hydroxylation is 1. The molecule has 1 aliphatic rings. The monoisotopic (exact) mass is 253 g/mol. The summed E-state index contributed by atoms with van der Waals surface area (Å²) in [6, 6.07) is 16.8. The van der Waals surface area contributed by atoms with Crippen LogP contribution in [0.3, 0.4) is 0 Å². The van der Waals surface area contributed by atoms with E-state index in [1.807, 2.05) is 12.1 Å². The van der Waals surface area contributed by atoms with E-state index in [9.17, 15) is 0 Å². The summed E-state index contributed by atoms with van der Waals surface area (Å²) >= 11 is 0. The van der Waals surface area contributed by atoms with Gasteiger partial charge < -0.3 is 10.5 Å². The molecule has 98 valence electrons. The molecule has 0 saturated carbocycles. The van der Waals surface area contributed by atoms with Crippen LogP contribution >= 0.6 is 0 Å². The van der Waals surface area contributed by atoms with Crippen molar-refractivity contribution in [2.24, 2.45) is 5.73 Å². The molecule has 2 nitrogen and oxygen atoms in total. The van der Waals surface area contributed by atoms with Gasteiger partial charge in [0.15, 0.2) is 0 Å². The number of hydrogen-bond donors (Lipinski definition) is 1. The van der Waals surface area contributed by atoms with Gasteiger partial charge in [0.05, 0.1) is 6.61 Å². The second kappa shape index (κ2) is 5.06. The Bertz CT molecular complexity index is 579. The Labute approximate surface area is 114 Å². The minimum absolute atomic E-state index is 0.0324. The number of benzene rings is 2. The second-order valence-electron chi connectivity index (χ2n) is 5.22. The largest absolute Gasteiger partial charge is 0.493 e. The van der Waals surface area contributed by atoms with Crippen molar-refractivity contribution in [2.75, 3.05) is 6.61 Å². The Morgan fingerprint density at radius 2 is 2.00 bits per heavy atom. The zero-order chi connectivity index (χ0) is 13.2. The zero-order valence-corrected chi connectivity index (χ0v) is 11.2. The number of nitrogens with two attached hydrogens (primary N) is 1. The molecule has 2 aromatic rings. The van der Waals surface area contributed by atoms with Crippen LogP contribution in [0.4, 0.5) is 0 Å². The van der Waals surface area contributed by atoms with Gasteiger partial charge in [0.25, 0.3) is 0 Å². The smallest absolute Gasteiger partial charge is 0.122 e. The molecule has 0 bridgehead atoms. The molecule has 0 aromatic heterocycles. The Kier molecular flexibility index (Phi) is 3.26. The first-order valence-electron chi connectivity index (χ1n) is 6.79. The highest BCUT2D eigenvalue weighted by molar-refractivity contribution is 5.40. The maximum Gasteiger partial charge on any atom is 0.122 e. The van der Waals surface area contributed by atoms with Crippen molar-refractivity contribution in [3.05, 3.63) is 65.2 Å². The van der Waals surface area contributed by atoms with Gasteiger partial charge in [-0.1, -0.05) is 48.0 Å². The lowest BCUT2D eigenvalue weighted by Gasteiger charge is -2.30. The van der Waals surface area contributed by atoms with Crippen molar-refractivity contribution >= 4 is 0 Å². The van der Waals surface area contributed by atoms with Crippen molar-refractivity contribution in [3.63, 3.8) is 0 Å². The minimum atomic E-state index is 0.0324. The number of para-hydroxylation sites is 1. The average Bonchev–Trinajstić information content (AvgIpc) is 2.46. The van der Waals surface area contributed by atoms with Crippen LogP contribution in [-0.2, 0) is 0 Å². The van der Waals surface area contributed by atoms with E-state index >= 15 is 0 Å².